The second kappa shape index (κ2) is 7.98. The third kappa shape index (κ3) is 4.40. The average Bonchev–Trinajstić information content (AvgIpc) is 2.88. The van der Waals surface area contributed by atoms with E-state index in [2.05, 4.69) is 5.32 Å². The van der Waals surface area contributed by atoms with Crippen molar-refractivity contribution in [2.75, 3.05) is 11.9 Å². The normalized spacial score (nSPS) is 15.5. The van der Waals surface area contributed by atoms with Gasteiger partial charge < -0.3 is 5.32 Å². The Hall–Kier alpha value is -2.57. The molecule has 7 heteroatoms. The third-order valence-corrected chi connectivity index (χ3v) is 5.25. The van der Waals surface area contributed by atoms with Crippen LogP contribution >= 0.6 is 23.4 Å². The maximum atomic E-state index is 12.5. The molecule has 0 aliphatic carbocycles. The number of hydrogen-bond donors (Lipinski definition) is 1. The first-order valence-electron chi connectivity index (χ1n) is 8.22. The molecule has 0 radical (unpaired) electrons. The highest BCUT2D eigenvalue weighted by Gasteiger charge is 2.36. The van der Waals surface area contributed by atoms with E-state index in [-0.39, 0.29) is 11.4 Å². The topological polar surface area (TPSA) is 66.5 Å². The van der Waals surface area contributed by atoms with Crippen LogP contribution in [0.4, 0.5) is 10.5 Å². The second-order valence-corrected chi connectivity index (χ2v) is 7.56. The lowest BCUT2D eigenvalue weighted by Gasteiger charge is -2.15. The zero-order chi connectivity index (χ0) is 19.6. The molecule has 3 rings (SSSR count). The Morgan fingerprint density at radius 3 is 2.37 bits per heavy atom. The molecule has 2 aromatic rings. The number of amides is 3. The lowest BCUT2D eigenvalue weighted by molar-refractivity contribution is -0.127. The Bertz CT molecular complexity index is 934. The van der Waals surface area contributed by atoms with Crippen molar-refractivity contribution < 1.29 is 14.4 Å². The maximum Gasteiger partial charge on any atom is 0.294 e. The number of nitrogens with one attached hydrogen (secondary N) is 1. The van der Waals surface area contributed by atoms with Crippen molar-refractivity contribution in [2.45, 2.75) is 13.8 Å². The molecule has 27 heavy (non-hydrogen) atoms. The number of imide groups is 1. The molecule has 0 unspecified atom stereocenters. The predicted molar refractivity (Wildman–Crippen MR) is 109 cm³/mol. The number of rotatable bonds is 4. The van der Waals surface area contributed by atoms with Gasteiger partial charge in [-0.2, -0.15) is 0 Å². The second-order valence-electron chi connectivity index (χ2n) is 6.13. The average molecular weight is 401 g/mol. The van der Waals surface area contributed by atoms with Crippen molar-refractivity contribution in [3.63, 3.8) is 0 Å². The quantitative estimate of drug-likeness (QED) is 0.759. The molecule has 0 saturated carbocycles. The summed E-state index contributed by atoms with van der Waals surface area (Å²) >= 11 is 6.67. The van der Waals surface area contributed by atoms with Gasteiger partial charge in [-0.3, -0.25) is 19.3 Å². The zero-order valence-corrected chi connectivity index (χ0v) is 16.4. The third-order valence-electron chi connectivity index (χ3n) is 4.09. The molecule has 1 heterocycles. The molecule has 5 nitrogen and oxygen atoms in total. The lowest BCUT2D eigenvalue weighted by atomic mass is 10.1. The molecule has 0 atom stereocenters. The van der Waals surface area contributed by atoms with Crippen LogP contribution in [0.25, 0.3) is 6.08 Å². The number of nitrogens with zero attached hydrogens (tertiary/aromatic N) is 1. The van der Waals surface area contributed by atoms with Gasteiger partial charge in [-0.05, 0) is 60.5 Å². The number of hydrogen-bond acceptors (Lipinski definition) is 4. The minimum absolute atomic E-state index is 0.280. The van der Waals surface area contributed by atoms with Gasteiger partial charge in [0.1, 0.15) is 6.54 Å². The number of anilines is 1. The van der Waals surface area contributed by atoms with E-state index in [0.717, 1.165) is 33.4 Å². The van der Waals surface area contributed by atoms with Gasteiger partial charge in [0.2, 0.25) is 5.91 Å². The monoisotopic (exact) mass is 400 g/mol. The number of halogens is 1. The molecule has 0 aromatic heterocycles. The molecule has 1 fully saturated rings. The number of thioether (sulfide) groups is 1. The van der Waals surface area contributed by atoms with Crippen LogP contribution in [0.15, 0.2) is 47.4 Å². The highest BCUT2D eigenvalue weighted by atomic mass is 35.5. The maximum absolute atomic E-state index is 12.5. The van der Waals surface area contributed by atoms with Crippen LogP contribution in [0.1, 0.15) is 16.7 Å². The van der Waals surface area contributed by atoms with Gasteiger partial charge in [0, 0.05) is 10.7 Å². The number of para-hydroxylation sites is 1. The highest BCUT2D eigenvalue weighted by Crippen LogP contribution is 2.32. The summed E-state index contributed by atoms with van der Waals surface area (Å²) in [5, 5.41) is 2.91. The van der Waals surface area contributed by atoms with E-state index < -0.39 is 17.1 Å². The Labute approximate surface area is 166 Å². The van der Waals surface area contributed by atoms with Gasteiger partial charge >= 0.3 is 0 Å². The molecule has 138 valence electrons. The number of aryl methyl sites for hydroxylation is 2. The summed E-state index contributed by atoms with van der Waals surface area (Å²) in [5.74, 6) is -0.890. The predicted octanol–water partition coefficient (Wildman–Crippen LogP) is 4.63. The van der Waals surface area contributed by atoms with Crippen molar-refractivity contribution in [3.05, 3.63) is 69.1 Å². The van der Waals surface area contributed by atoms with Crippen LogP contribution in [-0.4, -0.2) is 28.5 Å². The summed E-state index contributed by atoms with van der Waals surface area (Å²) in [6, 6.07) is 12.6. The molecule has 1 aliphatic rings. The number of carbonyl (C=O) groups is 3. The SMILES string of the molecule is Cc1cccc(C)c1NC(=O)CN1C(=O)S/C(=C/c2ccc(Cl)cc2)C1=O. The summed E-state index contributed by atoms with van der Waals surface area (Å²) in [7, 11) is 0. The minimum Gasteiger partial charge on any atom is -0.324 e. The van der Waals surface area contributed by atoms with Gasteiger partial charge in [-0.15, -0.1) is 0 Å². The zero-order valence-electron chi connectivity index (χ0n) is 14.8. The summed E-state index contributed by atoms with van der Waals surface area (Å²) in [6.45, 7) is 3.45. The fourth-order valence-electron chi connectivity index (χ4n) is 2.68. The largest absolute Gasteiger partial charge is 0.324 e. The van der Waals surface area contributed by atoms with E-state index in [9.17, 15) is 14.4 Å². The van der Waals surface area contributed by atoms with E-state index in [4.69, 9.17) is 11.6 Å². The van der Waals surface area contributed by atoms with E-state index in [0.29, 0.717) is 10.7 Å². The van der Waals surface area contributed by atoms with Crippen LogP contribution in [0.5, 0.6) is 0 Å². The van der Waals surface area contributed by atoms with Crippen molar-refractivity contribution in [1.82, 2.24) is 4.90 Å². The van der Waals surface area contributed by atoms with Gasteiger partial charge in [0.15, 0.2) is 0 Å². The van der Waals surface area contributed by atoms with Crippen LogP contribution in [0.2, 0.25) is 5.02 Å². The van der Waals surface area contributed by atoms with Crippen molar-refractivity contribution in [3.8, 4) is 0 Å². The van der Waals surface area contributed by atoms with Crippen molar-refractivity contribution in [1.29, 1.82) is 0 Å². The standard InChI is InChI=1S/C20H17ClN2O3S/c1-12-4-3-5-13(2)18(12)22-17(24)11-23-19(25)16(27-20(23)26)10-14-6-8-15(21)9-7-14/h3-10H,11H2,1-2H3,(H,22,24)/b16-10+. The Morgan fingerprint density at radius 1 is 1.11 bits per heavy atom. The first kappa shape index (κ1) is 19.2. The number of benzene rings is 2. The minimum atomic E-state index is -0.475. The van der Waals surface area contributed by atoms with Crippen LogP contribution in [0.3, 0.4) is 0 Å². The van der Waals surface area contributed by atoms with Gasteiger partial charge in [0.25, 0.3) is 11.1 Å². The molecule has 3 amide bonds. The summed E-state index contributed by atoms with van der Waals surface area (Å²) in [5.41, 5.74) is 3.29. The molecular formula is C20H17ClN2O3S. The van der Waals surface area contributed by atoms with Crippen LogP contribution in [-0.2, 0) is 9.59 Å². The smallest absolute Gasteiger partial charge is 0.294 e. The van der Waals surface area contributed by atoms with E-state index in [1.54, 1.807) is 30.3 Å². The van der Waals surface area contributed by atoms with E-state index in [1.807, 2.05) is 32.0 Å². The van der Waals surface area contributed by atoms with Crippen molar-refractivity contribution >= 4 is 52.2 Å². The molecule has 0 spiro atoms. The first-order valence-corrected chi connectivity index (χ1v) is 9.41. The highest BCUT2D eigenvalue weighted by molar-refractivity contribution is 8.18. The molecular weight excluding hydrogens is 384 g/mol. The van der Waals surface area contributed by atoms with Crippen LogP contribution in [0, 0.1) is 13.8 Å². The molecule has 1 N–H and O–H groups in total. The number of carbonyl (C=O) groups excluding carboxylic acids is 3. The molecule has 0 bridgehead atoms. The van der Waals surface area contributed by atoms with Gasteiger partial charge in [0.05, 0.1) is 4.91 Å². The molecule has 1 saturated heterocycles. The fraction of sp³-hybridized carbons (Fsp3) is 0.150. The Balaban J connectivity index is 1.72. The Morgan fingerprint density at radius 2 is 1.74 bits per heavy atom. The summed E-state index contributed by atoms with van der Waals surface area (Å²) < 4.78 is 0. The van der Waals surface area contributed by atoms with E-state index in [1.165, 1.54) is 0 Å². The first-order chi connectivity index (χ1) is 12.8. The fourth-order valence-corrected chi connectivity index (χ4v) is 3.65. The van der Waals surface area contributed by atoms with Gasteiger partial charge in [-0.25, -0.2) is 0 Å². The van der Waals surface area contributed by atoms with Crippen LogP contribution < -0.4 is 5.32 Å². The van der Waals surface area contributed by atoms with Gasteiger partial charge in [-0.1, -0.05) is 41.9 Å². The van der Waals surface area contributed by atoms with E-state index >= 15 is 0 Å². The Kier molecular flexibility index (Phi) is 5.68. The molecule has 1 aliphatic heterocycles. The summed E-state index contributed by atoms with van der Waals surface area (Å²) in [6.07, 6.45) is 1.62. The van der Waals surface area contributed by atoms with Crippen molar-refractivity contribution in [2.24, 2.45) is 0 Å². The summed E-state index contributed by atoms with van der Waals surface area (Å²) in [4.78, 5) is 38.3. The lowest BCUT2D eigenvalue weighted by Crippen LogP contribution is -2.36. The molecule has 2 aromatic carbocycles.